The molecule has 0 heterocycles. The molecule has 0 saturated heterocycles. The second-order valence-electron chi connectivity index (χ2n) is 8.08. The van der Waals surface area contributed by atoms with Crippen LogP contribution in [0, 0.1) is 6.92 Å². The molecule has 0 fully saturated rings. The molecule has 204 valence electrons. The van der Waals surface area contributed by atoms with E-state index in [0.717, 1.165) is 9.87 Å². The van der Waals surface area contributed by atoms with Crippen LogP contribution in [0.3, 0.4) is 0 Å². The van der Waals surface area contributed by atoms with Crippen molar-refractivity contribution in [2.45, 2.75) is 11.8 Å². The highest BCUT2D eigenvalue weighted by molar-refractivity contribution is 7.92. The predicted molar refractivity (Wildman–Crippen MR) is 143 cm³/mol. The number of aryl methyl sites for hydroxylation is 1. The van der Waals surface area contributed by atoms with Gasteiger partial charge >= 0.3 is 0 Å². The first-order chi connectivity index (χ1) is 18.2. The molecular formula is C27H32N2O8S. The van der Waals surface area contributed by atoms with Gasteiger partial charge in [0, 0.05) is 12.1 Å². The predicted octanol–water partition coefficient (Wildman–Crippen LogP) is 3.42. The van der Waals surface area contributed by atoms with Crippen molar-refractivity contribution >= 4 is 21.6 Å². The molecule has 1 amide bonds. The molecule has 10 nitrogen and oxygen atoms in total. The van der Waals surface area contributed by atoms with E-state index in [1.807, 2.05) is 31.2 Å². The number of anilines is 1. The van der Waals surface area contributed by atoms with Gasteiger partial charge in [0.1, 0.15) is 30.4 Å². The first-order valence-corrected chi connectivity index (χ1v) is 13.1. The lowest BCUT2D eigenvalue weighted by Crippen LogP contribution is -2.42. The van der Waals surface area contributed by atoms with E-state index in [4.69, 9.17) is 23.7 Å². The fourth-order valence-corrected chi connectivity index (χ4v) is 5.09. The Bertz CT molecular complexity index is 1360. The number of sulfonamides is 1. The quantitative estimate of drug-likeness (QED) is 0.326. The van der Waals surface area contributed by atoms with E-state index in [1.165, 1.54) is 52.7 Å². The van der Waals surface area contributed by atoms with Crippen LogP contribution in [-0.2, 0) is 14.8 Å². The Morgan fingerprint density at radius 3 is 2.18 bits per heavy atom. The maximum Gasteiger partial charge on any atom is 0.265 e. The number of ether oxygens (including phenoxy) is 5. The summed E-state index contributed by atoms with van der Waals surface area (Å²) in [5.74, 6) is 1.36. The van der Waals surface area contributed by atoms with Crippen LogP contribution in [0.15, 0.2) is 65.6 Å². The van der Waals surface area contributed by atoms with Crippen molar-refractivity contribution in [1.29, 1.82) is 0 Å². The number of benzene rings is 3. The van der Waals surface area contributed by atoms with Crippen molar-refractivity contribution in [3.05, 3.63) is 66.2 Å². The summed E-state index contributed by atoms with van der Waals surface area (Å²) in [6.07, 6.45) is 0. The highest BCUT2D eigenvalue weighted by Gasteiger charge is 2.31. The monoisotopic (exact) mass is 544 g/mol. The molecule has 0 spiro atoms. The third-order valence-electron chi connectivity index (χ3n) is 5.57. The Hall–Kier alpha value is -4.12. The van der Waals surface area contributed by atoms with Crippen molar-refractivity contribution in [1.82, 2.24) is 5.32 Å². The Balaban J connectivity index is 1.89. The summed E-state index contributed by atoms with van der Waals surface area (Å²) in [5, 5.41) is 2.71. The fourth-order valence-electron chi connectivity index (χ4n) is 3.65. The Morgan fingerprint density at radius 2 is 1.53 bits per heavy atom. The summed E-state index contributed by atoms with van der Waals surface area (Å²) in [7, 11) is 1.45. The second-order valence-corrected chi connectivity index (χ2v) is 9.94. The maximum atomic E-state index is 13.9. The lowest BCUT2D eigenvalue weighted by molar-refractivity contribution is -0.119. The topological polar surface area (TPSA) is 113 Å². The van der Waals surface area contributed by atoms with Gasteiger partial charge in [-0.25, -0.2) is 8.42 Å². The van der Waals surface area contributed by atoms with E-state index >= 15 is 0 Å². The molecule has 0 saturated carbocycles. The number of amides is 1. The van der Waals surface area contributed by atoms with Crippen molar-refractivity contribution in [2.24, 2.45) is 0 Å². The van der Waals surface area contributed by atoms with Gasteiger partial charge < -0.3 is 29.0 Å². The summed E-state index contributed by atoms with van der Waals surface area (Å²) in [6, 6.07) is 16.4. The SMILES string of the molecule is COc1ccc(OC)c(N(CC(=O)NCCOc2cccc(C)c2)S(=O)(=O)c2ccc(OC)c(OC)c2)c1. The third-order valence-corrected chi connectivity index (χ3v) is 7.32. The summed E-state index contributed by atoms with van der Waals surface area (Å²) in [6.45, 7) is 1.81. The molecule has 3 aromatic carbocycles. The normalized spacial score (nSPS) is 10.9. The van der Waals surface area contributed by atoms with Crippen molar-refractivity contribution < 1.29 is 36.9 Å². The molecule has 3 rings (SSSR count). The molecule has 0 aliphatic carbocycles. The van der Waals surface area contributed by atoms with Crippen LogP contribution in [0.25, 0.3) is 0 Å². The molecule has 0 atom stereocenters. The zero-order valence-electron chi connectivity index (χ0n) is 22.0. The average Bonchev–Trinajstić information content (AvgIpc) is 2.93. The van der Waals surface area contributed by atoms with Gasteiger partial charge in [-0.15, -0.1) is 0 Å². The van der Waals surface area contributed by atoms with Gasteiger partial charge in [0.25, 0.3) is 10.0 Å². The van der Waals surface area contributed by atoms with Gasteiger partial charge in [0.05, 0.1) is 45.6 Å². The van der Waals surface area contributed by atoms with Gasteiger partial charge in [-0.05, 0) is 48.9 Å². The standard InChI is InChI=1S/C27H32N2O8S/c1-19-7-6-8-21(15-19)37-14-13-28-27(30)18-29(23-16-20(33-2)9-11-24(23)34-3)38(31,32)22-10-12-25(35-4)26(17-22)36-5/h6-12,15-17H,13-14,18H2,1-5H3,(H,28,30). The van der Waals surface area contributed by atoms with E-state index in [1.54, 1.807) is 12.1 Å². The summed E-state index contributed by atoms with van der Waals surface area (Å²) < 4.78 is 55.6. The smallest absolute Gasteiger partial charge is 0.265 e. The van der Waals surface area contributed by atoms with Crippen LogP contribution in [0.2, 0.25) is 0 Å². The molecule has 0 unspecified atom stereocenters. The molecule has 11 heteroatoms. The minimum atomic E-state index is -4.27. The van der Waals surface area contributed by atoms with Gasteiger partial charge in [0.2, 0.25) is 5.91 Å². The molecule has 38 heavy (non-hydrogen) atoms. The van der Waals surface area contributed by atoms with Crippen LogP contribution in [0.5, 0.6) is 28.7 Å². The van der Waals surface area contributed by atoms with Crippen LogP contribution in [-0.4, -0.2) is 62.5 Å². The van der Waals surface area contributed by atoms with Crippen molar-refractivity contribution in [3.8, 4) is 28.7 Å². The molecule has 1 N–H and O–H groups in total. The van der Waals surface area contributed by atoms with E-state index in [2.05, 4.69) is 5.32 Å². The number of rotatable bonds is 13. The third kappa shape index (κ3) is 6.80. The van der Waals surface area contributed by atoms with Gasteiger partial charge in [-0.1, -0.05) is 12.1 Å². The van der Waals surface area contributed by atoms with E-state index in [-0.39, 0.29) is 35.2 Å². The molecule has 0 aromatic heterocycles. The minimum Gasteiger partial charge on any atom is -0.497 e. The molecular weight excluding hydrogens is 512 g/mol. The van der Waals surface area contributed by atoms with E-state index in [9.17, 15) is 13.2 Å². The number of hydrogen-bond acceptors (Lipinski definition) is 8. The highest BCUT2D eigenvalue weighted by Crippen LogP contribution is 2.37. The number of methoxy groups -OCH3 is 4. The van der Waals surface area contributed by atoms with Crippen molar-refractivity contribution in [2.75, 3.05) is 52.4 Å². The molecule has 0 aliphatic rings. The van der Waals surface area contributed by atoms with Crippen LogP contribution in [0.4, 0.5) is 5.69 Å². The first-order valence-electron chi connectivity index (χ1n) is 11.7. The Labute approximate surface area is 223 Å². The number of nitrogens with zero attached hydrogens (tertiary/aromatic N) is 1. The van der Waals surface area contributed by atoms with Crippen LogP contribution >= 0.6 is 0 Å². The summed E-state index contributed by atoms with van der Waals surface area (Å²) >= 11 is 0. The van der Waals surface area contributed by atoms with E-state index < -0.39 is 22.5 Å². The molecule has 0 radical (unpaired) electrons. The number of nitrogens with one attached hydrogen (secondary N) is 1. The molecule has 0 bridgehead atoms. The first kappa shape index (κ1) is 28.5. The second kappa shape index (κ2) is 12.9. The minimum absolute atomic E-state index is 0.101. The zero-order valence-corrected chi connectivity index (χ0v) is 22.8. The fraction of sp³-hybridized carbons (Fsp3) is 0.296. The van der Waals surface area contributed by atoms with Crippen molar-refractivity contribution in [3.63, 3.8) is 0 Å². The van der Waals surface area contributed by atoms with Gasteiger partial charge in [-0.2, -0.15) is 0 Å². The van der Waals surface area contributed by atoms with E-state index in [0.29, 0.717) is 17.2 Å². The van der Waals surface area contributed by atoms with Gasteiger partial charge in [0.15, 0.2) is 11.5 Å². The van der Waals surface area contributed by atoms with Gasteiger partial charge in [-0.3, -0.25) is 9.10 Å². The lowest BCUT2D eigenvalue weighted by atomic mass is 10.2. The molecule has 0 aliphatic heterocycles. The zero-order chi connectivity index (χ0) is 27.7. The lowest BCUT2D eigenvalue weighted by Gasteiger charge is -2.26. The number of carbonyl (C=O) groups is 1. The Morgan fingerprint density at radius 1 is 0.816 bits per heavy atom. The summed E-state index contributed by atoms with van der Waals surface area (Å²) in [5.41, 5.74) is 1.18. The van der Waals surface area contributed by atoms with Crippen LogP contribution < -0.4 is 33.3 Å². The largest absolute Gasteiger partial charge is 0.497 e. The number of hydrogen-bond donors (Lipinski definition) is 1. The Kier molecular flexibility index (Phi) is 9.66. The molecule has 3 aromatic rings. The number of carbonyl (C=O) groups excluding carboxylic acids is 1. The maximum absolute atomic E-state index is 13.9. The average molecular weight is 545 g/mol. The van der Waals surface area contributed by atoms with Crippen LogP contribution in [0.1, 0.15) is 5.56 Å². The summed E-state index contributed by atoms with van der Waals surface area (Å²) in [4.78, 5) is 12.9. The highest BCUT2D eigenvalue weighted by atomic mass is 32.2.